The zero-order chi connectivity index (χ0) is 25.7. The van der Waals surface area contributed by atoms with Gasteiger partial charge in [-0.2, -0.15) is 13.2 Å². The van der Waals surface area contributed by atoms with Gasteiger partial charge in [0.2, 0.25) is 16.9 Å². The molecule has 1 unspecified atom stereocenters. The van der Waals surface area contributed by atoms with Crippen LogP contribution in [0.25, 0.3) is 10.6 Å². The minimum atomic E-state index is -4.41. The molecule has 4 rings (SSSR count). The number of anilines is 1. The summed E-state index contributed by atoms with van der Waals surface area (Å²) >= 11 is 1.08. The first-order valence-corrected chi connectivity index (χ1v) is 12.7. The van der Waals surface area contributed by atoms with Crippen LogP contribution in [0, 0.1) is 5.92 Å². The number of benzene rings is 2. The number of alkyl halides is 3. The normalized spacial score (nSPS) is 15.0. The number of nitrogens with zero attached hydrogens (tertiary/aromatic N) is 3. The van der Waals surface area contributed by atoms with E-state index >= 15 is 0 Å². The van der Waals surface area contributed by atoms with E-state index in [9.17, 15) is 22.8 Å². The molecule has 1 aliphatic rings. The maximum atomic E-state index is 13.3. The Hall–Kier alpha value is -3.27. The molecule has 1 heterocycles. The van der Waals surface area contributed by atoms with E-state index in [1.54, 1.807) is 4.90 Å². The van der Waals surface area contributed by atoms with Crippen molar-refractivity contribution in [1.82, 2.24) is 15.1 Å². The Labute approximate surface area is 211 Å². The number of carbonyl (C=O) groups is 2. The van der Waals surface area contributed by atoms with Gasteiger partial charge in [-0.05, 0) is 37.5 Å². The molecule has 0 saturated heterocycles. The van der Waals surface area contributed by atoms with Crippen molar-refractivity contribution in [3.05, 3.63) is 65.7 Å². The molecule has 190 valence electrons. The van der Waals surface area contributed by atoms with Crippen molar-refractivity contribution >= 4 is 28.3 Å². The van der Waals surface area contributed by atoms with Crippen LogP contribution < -0.4 is 5.32 Å². The number of carbonyl (C=O) groups excluding carboxylic acids is 2. The van der Waals surface area contributed by atoms with Crippen LogP contribution >= 0.6 is 11.3 Å². The number of hydrogen-bond acceptors (Lipinski definition) is 5. The van der Waals surface area contributed by atoms with E-state index in [1.807, 2.05) is 37.3 Å². The van der Waals surface area contributed by atoms with Gasteiger partial charge in [0.1, 0.15) is 5.01 Å². The third-order valence-electron chi connectivity index (χ3n) is 6.45. The molecule has 0 aliphatic heterocycles. The van der Waals surface area contributed by atoms with E-state index in [-0.39, 0.29) is 41.9 Å². The second-order valence-corrected chi connectivity index (χ2v) is 9.86. The highest BCUT2D eigenvalue weighted by atomic mass is 32.1. The maximum Gasteiger partial charge on any atom is 0.416 e. The lowest BCUT2D eigenvalue weighted by molar-refractivity contribution is -0.138. The molecule has 1 N–H and O–H groups in total. The Morgan fingerprint density at radius 3 is 2.36 bits per heavy atom. The lowest BCUT2D eigenvalue weighted by Crippen LogP contribution is -2.39. The number of hydrogen-bond donors (Lipinski definition) is 1. The molecule has 1 aromatic heterocycles. The molecule has 1 aliphatic carbocycles. The van der Waals surface area contributed by atoms with Gasteiger partial charge in [0.25, 0.3) is 0 Å². The van der Waals surface area contributed by atoms with Crippen molar-refractivity contribution < 1.29 is 22.8 Å². The molecule has 3 aromatic rings. The molecular formula is C26H27F3N4O2S. The molecule has 36 heavy (non-hydrogen) atoms. The van der Waals surface area contributed by atoms with Gasteiger partial charge in [0.15, 0.2) is 0 Å². The van der Waals surface area contributed by atoms with Crippen molar-refractivity contribution in [2.75, 3.05) is 11.9 Å². The standard InChI is InChI=1S/C26H27F3N4O2S/c1-17(18-7-3-2-4-8-18)33(24(35)20-9-5-6-10-20)16-15-22(34)30-25-32-31-23(36-25)19-11-13-21(14-12-19)26(27,28)29/h2-4,7-8,11-14,17,20H,5-6,9-10,15-16H2,1H3,(H,30,32,34). The van der Waals surface area contributed by atoms with Crippen LogP contribution in [-0.2, 0) is 15.8 Å². The number of amides is 2. The second kappa shape index (κ2) is 11.2. The number of rotatable bonds is 8. The SMILES string of the molecule is CC(c1ccccc1)N(CCC(=O)Nc1nnc(-c2ccc(C(F)(F)F)cc2)s1)C(=O)C1CCCC1. The molecule has 0 radical (unpaired) electrons. The maximum absolute atomic E-state index is 13.3. The molecule has 1 fully saturated rings. The van der Waals surface area contributed by atoms with Crippen LogP contribution in [0.2, 0.25) is 0 Å². The quantitative estimate of drug-likeness (QED) is 0.380. The van der Waals surface area contributed by atoms with E-state index < -0.39 is 11.7 Å². The Balaban J connectivity index is 1.39. The van der Waals surface area contributed by atoms with Crippen molar-refractivity contribution in [3.8, 4) is 10.6 Å². The summed E-state index contributed by atoms with van der Waals surface area (Å²) in [5.74, 6) is -0.236. The van der Waals surface area contributed by atoms with E-state index in [0.29, 0.717) is 10.6 Å². The summed E-state index contributed by atoms with van der Waals surface area (Å²) in [6, 6.07) is 14.2. The zero-order valence-corrected chi connectivity index (χ0v) is 20.6. The highest BCUT2D eigenvalue weighted by Gasteiger charge is 2.31. The largest absolute Gasteiger partial charge is 0.416 e. The fourth-order valence-electron chi connectivity index (χ4n) is 4.41. The Morgan fingerprint density at radius 1 is 1.06 bits per heavy atom. The Bertz CT molecular complexity index is 1180. The molecule has 1 saturated carbocycles. The average molecular weight is 517 g/mol. The second-order valence-electron chi connectivity index (χ2n) is 8.89. The van der Waals surface area contributed by atoms with E-state index in [2.05, 4.69) is 15.5 Å². The molecule has 0 spiro atoms. The molecule has 6 nitrogen and oxygen atoms in total. The summed E-state index contributed by atoms with van der Waals surface area (Å²) in [7, 11) is 0. The van der Waals surface area contributed by atoms with Crippen molar-refractivity contribution in [3.63, 3.8) is 0 Å². The first-order valence-electron chi connectivity index (χ1n) is 11.9. The number of halogens is 3. The van der Waals surface area contributed by atoms with Gasteiger partial charge in [-0.3, -0.25) is 9.59 Å². The summed E-state index contributed by atoms with van der Waals surface area (Å²) in [5.41, 5.74) is 0.742. The van der Waals surface area contributed by atoms with Gasteiger partial charge >= 0.3 is 6.18 Å². The Morgan fingerprint density at radius 2 is 1.72 bits per heavy atom. The summed E-state index contributed by atoms with van der Waals surface area (Å²) < 4.78 is 38.4. The first kappa shape index (κ1) is 25.8. The van der Waals surface area contributed by atoms with Gasteiger partial charge in [0.05, 0.1) is 11.6 Å². The van der Waals surface area contributed by atoms with Crippen LogP contribution in [0.5, 0.6) is 0 Å². The van der Waals surface area contributed by atoms with Crippen LogP contribution in [0.4, 0.5) is 18.3 Å². The van der Waals surface area contributed by atoms with Crippen molar-refractivity contribution in [2.24, 2.45) is 5.92 Å². The van der Waals surface area contributed by atoms with Gasteiger partial charge in [-0.25, -0.2) is 0 Å². The first-order chi connectivity index (χ1) is 17.2. The van der Waals surface area contributed by atoms with E-state index in [4.69, 9.17) is 0 Å². The third-order valence-corrected chi connectivity index (χ3v) is 7.34. The predicted octanol–water partition coefficient (Wildman–Crippen LogP) is 6.33. The molecule has 2 amide bonds. The molecule has 2 aromatic carbocycles. The molecular weight excluding hydrogens is 489 g/mol. The monoisotopic (exact) mass is 516 g/mol. The summed E-state index contributed by atoms with van der Waals surface area (Å²) in [6.45, 7) is 2.24. The topological polar surface area (TPSA) is 75.2 Å². The van der Waals surface area contributed by atoms with Gasteiger partial charge < -0.3 is 10.2 Å². The van der Waals surface area contributed by atoms with Crippen LogP contribution in [0.3, 0.4) is 0 Å². The van der Waals surface area contributed by atoms with Crippen molar-refractivity contribution in [2.45, 2.75) is 51.2 Å². The van der Waals surface area contributed by atoms with Crippen LogP contribution in [-0.4, -0.2) is 33.5 Å². The van der Waals surface area contributed by atoms with Gasteiger partial charge in [-0.1, -0.05) is 66.6 Å². The number of nitrogens with one attached hydrogen (secondary N) is 1. The highest BCUT2D eigenvalue weighted by Crippen LogP contribution is 2.33. The Kier molecular flexibility index (Phi) is 8.03. The van der Waals surface area contributed by atoms with Gasteiger partial charge in [0, 0.05) is 24.4 Å². The van der Waals surface area contributed by atoms with E-state index in [1.165, 1.54) is 12.1 Å². The van der Waals surface area contributed by atoms with E-state index in [0.717, 1.165) is 54.7 Å². The third kappa shape index (κ3) is 6.29. The smallest absolute Gasteiger partial charge is 0.335 e. The minimum Gasteiger partial charge on any atom is -0.335 e. The summed E-state index contributed by atoms with van der Waals surface area (Å²) in [4.78, 5) is 27.8. The molecule has 1 atom stereocenters. The average Bonchev–Trinajstić information content (AvgIpc) is 3.57. The molecule has 0 bridgehead atoms. The fourth-order valence-corrected chi connectivity index (χ4v) is 5.17. The lowest BCUT2D eigenvalue weighted by Gasteiger charge is -2.32. The lowest BCUT2D eigenvalue weighted by atomic mass is 10.0. The zero-order valence-electron chi connectivity index (χ0n) is 19.8. The summed E-state index contributed by atoms with van der Waals surface area (Å²) in [5, 5.41) is 11.3. The highest BCUT2D eigenvalue weighted by molar-refractivity contribution is 7.18. The molecule has 10 heteroatoms. The van der Waals surface area contributed by atoms with Gasteiger partial charge in [-0.15, -0.1) is 10.2 Å². The number of aromatic nitrogens is 2. The summed E-state index contributed by atoms with van der Waals surface area (Å²) in [6.07, 6.45) is -0.485. The fraction of sp³-hybridized carbons (Fsp3) is 0.385. The van der Waals surface area contributed by atoms with Crippen LogP contribution in [0.15, 0.2) is 54.6 Å². The minimum absolute atomic E-state index is 0.00585. The van der Waals surface area contributed by atoms with Crippen LogP contribution in [0.1, 0.15) is 56.2 Å². The van der Waals surface area contributed by atoms with Crippen molar-refractivity contribution in [1.29, 1.82) is 0 Å². The predicted molar refractivity (Wildman–Crippen MR) is 132 cm³/mol.